The number of aromatic nitrogens is 2. The van der Waals surface area contributed by atoms with Crippen LogP contribution in [0.1, 0.15) is 20.8 Å². The predicted molar refractivity (Wildman–Crippen MR) is 104 cm³/mol. The molecule has 3 aromatic rings. The fourth-order valence-electron chi connectivity index (χ4n) is 2.66. The van der Waals surface area contributed by atoms with Crippen LogP contribution < -0.4 is 9.47 Å². The highest BCUT2D eigenvalue weighted by Crippen LogP contribution is 2.33. The molecule has 0 aliphatic heterocycles. The van der Waals surface area contributed by atoms with Gasteiger partial charge in [0, 0.05) is 18.0 Å². The molecule has 0 atom stereocenters. The fourth-order valence-corrected chi connectivity index (χ4v) is 3.98. The van der Waals surface area contributed by atoms with Gasteiger partial charge < -0.3 is 9.47 Å². The quantitative estimate of drug-likeness (QED) is 0.614. The molecular weight excluding hydrogens is 364 g/mol. The molecule has 7 heteroatoms. The maximum atomic E-state index is 13.0. The normalized spacial score (nSPS) is 11.6. The Morgan fingerprint density at radius 3 is 2.48 bits per heavy atom. The fraction of sp³-hybridized carbons (Fsp3) is 0.250. The average Bonchev–Trinajstić information content (AvgIpc) is 3.14. The van der Waals surface area contributed by atoms with Gasteiger partial charge in [0.1, 0.15) is 0 Å². The summed E-state index contributed by atoms with van der Waals surface area (Å²) in [4.78, 5) is 4.46. The Labute approximate surface area is 159 Å². The first-order chi connectivity index (χ1) is 12.9. The van der Waals surface area contributed by atoms with Crippen molar-refractivity contribution in [2.24, 2.45) is 0 Å². The lowest BCUT2D eigenvalue weighted by Gasteiger charge is -2.16. The van der Waals surface area contributed by atoms with Gasteiger partial charge in [0.25, 0.3) is 10.0 Å². The van der Waals surface area contributed by atoms with Gasteiger partial charge in [-0.05, 0) is 51.1 Å². The average molecular weight is 386 g/mol. The van der Waals surface area contributed by atoms with Gasteiger partial charge in [-0.3, -0.25) is 0 Å². The number of hydrogen-bond acceptors (Lipinski definition) is 5. The molecule has 0 unspecified atom stereocenters. The third-order valence-corrected chi connectivity index (χ3v) is 5.45. The molecule has 0 N–H and O–H groups in total. The maximum absolute atomic E-state index is 13.0. The number of nitrogens with zero attached hydrogens (tertiary/aromatic N) is 2. The highest BCUT2D eigenvalue weighted by molar-refractivity contribution is 7.90. The predicted octanol–water partition coefficient (Wildman–Crippen LogP) is 3.97. The minimum absolute atomic E-state index is 0.00417. The highest BCUT2D eigenvalue weighted by Gasteiger charge is 2.21. The molecule has 3 rings (SSSR count). The molecule has 0 aliphatic carbocycles. The van der Waals surface area contributed by atoms with E-state index in [0.29, 0.717) is 29.5 Å². The van der Waals surface area contributed by atoms with Crippen LogP contribution in [-0.4, -0.2) is 30.1 Å². The van der Waals surface area contributed by atoms with E-state index in [1.807, 2.05) is 20.8 Å². The van der Waals surface area contributed by atoms with E-state index in [1.54, 1.807) is 48.5 Å². The van der Waals surface area contributed by atoms with Gasteiger partial charge in [-0.1, -0.05) is 18.2 Å². The van der Waals surface area contributed by atoms with Gasteiger partial charge in [0.2, 0.25) is 0 Å². The van der Waals surface area contributed by atoms with E-state index in [-0.39, 0.29) is 11.0 Å². The van der Waals surface area contributed by atoms with Crippen molar-refractivity contribution < 1.29 is 17.9 Å². The third-order valence-electron chi connectivity index (χ3n) is 3.77. The molecule has 142 valence electrons. The Hall–Kier alpha value is -2.80. The number of rotatable bonds is 7. The van der Waals surface area contributed by atoms with Crippen LogP contribution in [-0.2, 0) is 10.0 Å². The SMILES string of the molecule is CCOc1cc(-c2nccn2S(=O)(=O)c2ccccc2)ccc1OC(C)C. The van der Waals surface area contributed by atoms with Gasteiger partial charge in [0.05, 0.1) is 17.6 Å². The van der Waals surface area contributed by atoms with Crippen LogP contribution >= 0.6 is 0 Å². The molecular formula is C20H22N2O4S. The van der Waals surface area contributed by atoms with E-state index >= 15 is 0 Å². The Kier molecular flexibility index (Phi) is 5.51. The molecule has 0 saturated heterocycles. The zero-order valence-corrected chi connectivity index (χ0v) is 16.3. The summed E-state index contributed by atoms with van der Waals surface area (Å²) in [5.41, 5.74) is 0.624. The summed E-state index contributed by atoms with van der Waals surface area (Å²) in [5, 5.41) is 0. The summed E-state index contributed by atoms with van der Waals surface area (Å²) in [6, 6.07) is 13.6. The Morgan fingerprint density at radius 2 is 1.81 bits per heavy atom. The summed E-state index contributed by atoms with van der Waals surface area (Å²) in [6.45, 7) is 6.22. The van der Waals surface area contributed by atoms with Crippen molar-refractivity contribution in [3.63, 3.8) is 0 Å². The standard InChI is InChI=1S/C20H22N2O4S/c1-4-25-19-14-16(10-11-18(19)26-15(2)3)20-21-12-13-22(20)27(23,24)17-8-6-5-7-9-17/h5-15H,4H2,1-3H3. The minimum Gasteiger partial charge on any atom is -0.490 e. The molecule has 27 heavy (non-hydrogen) atoms. The van der Waals surface area contributed by atoms with Crippen molar-refractivity contribution in [1.29, 1.82) is 0 Å². The second-order valence-corrected chi connectivity index (χ2v) is 7.94. The van der Waals surface area contributed by atoms with Crippen LogP contribution in [0.15, 0.2) is 65.8 Å². The van der Waals surface area contributed by atoms with Gasteiger partial charge in [0.15, 0.2) is 17.3 Å². The number of imidazole rings is 1. The van der Waals surface area contributed by atoms with Crippen molar-refractivity contribution >= 4 is 10.0 Å². The summed E-state index contributed by atoms with van der Waals surface area (Å²) in [7, 11) is -3.75. The van der Waals surface area contributed by atoms with Gasteiger partial charge in [-0.25, -0.2) is 17.4 Å². The molecule has 0 aliphatic rings. The molecule has 0 radical (unpaired) electrons. The van der Waals surface area contributed by atoms with Crippen molar-refractivity contribution in [3.8, 4) is 22.9 Å². The number of hydrogen-bond donors (Lipinski definition) is 0. The molecule has 1 heterocycles. The van der Waals surface area contributed by atoms with E-state index < -0.39 is 10.0 Å². The van der Waals surface area contributed by atoms with Crippen molar-refractivity contribution in [2.45, 2.75) is 31.8 Å². The first-order valence-electron chi connectivity index (χ1n) is 8.71. The molecule has 0 fully saturated rings. The molecule has 0 spiro atoms. The van der Waals surface area contributed by atoms with Crippen LogP contribution in [0.5, 0.6) is 11.5 Å². The minimum atomic E-state index is -3.75. The van der Waals surface area contributed by atoms with Crippen LogP contribution in [0.3, 0.4) is 0 Å². The van der Waals surface area contributed by atoms with Gasteiger partial charge >= 0.3 is 0 Å². The van der Waals surface area contributed by atoms with Gasteiger partial charge in [-0.15, -0.1) is 0 Å². The Morgan fingerprint density at radius 1 is 1.07 bits per heavy atom. The van der Waals surface area contributed by atoms with Gasteiger partial charge in [-0.2, -0.15) is 0 Å². The Bertz CT molecular complexity index is 1010. The Balaban J connectivity index is 2.07. The topological polar surface area (TPSA) is 70.4 Å². The number of benzene rings is 2. The smallest absolute Gasteiger partial charge is 0.269 e. The van der Waals surface area contributed by atoms with E-state index in [1.165, 1.54) is 16.4 Å². The van der Waals surface area contributed by atoms with Crippen molar-refractivity contribution in [3.05, 3.63) is 60.9 Å². The van der Waals surface area contributed by atoms with E-state index in [9.17, 15) is 8.42 Å². The second-order valence-electron chi connectivity index (χ2n) is 6.13. The molecule has 6 nitrogen and oxygen atoms in total. The molecule has 0 saturated carbocycles. The summed E-state index contributed by atoms with van der Waals surface area (Å²) in [6.07, 6.45) is 2.90. The van der Waals surface area contributed by atoms with Crippen LogP contribution in [0.25, 0.3) is 11.4 Å². The lowest BCUT2D eigenvalue weighted by Crippen LogP contribution is -2.13. The van der Waals surface area contributed by atoms with Crippen LogP contribution in [0.4, 0.5) is 0 Å². The molecule has 2 aromatic carbocycles. The van der Waals surface area contributed by atoms with Crippen LogP contribution in [0, 0.1) is 0 Å². The zero-order chi connectivity index (χ0) is 19.4. The zero-order valence-electron chi connectivity index (χ0n) is 15.5. The lowest BCUT2D eigenvalue weighted by molar-refractivity contribution is 0.224. The first kappa shape index (κ1) is 19.0. The van der Waals surface area contributed by atoms with Crippen LogP contribution in [0.2, 0.25) is 0 Å². The largest absolute Gasteiger partial charge is 0.490 e. The second kappa shape index (κ2) is 7.84. The molecule has 0 bridgehead atoms. The van der Waals surface area contributed by atoms with Crippen molar-refractivity contribution in [1.82, 2.24) is 8.96 Å². The van der Waals surface area contributed by atoms with E-state index in [2.05, 4.69) is 4.98 Å². The summed E-state index contributed by atoms with van der Waals surface area (Å²) >= 11 is 0. The highest BCUT2D eigenvalue weighted by atomic mass is 32.2. The first-order valence-corrected chi connectivity index (χ1v) is 10.2. The summed E-state index contributed by atoms with van der Waals surface area (Å²) in [5.74, 6) is 1.48. The molecule has 0 amide bonds. The summed E-state index contributed by atoms with van der Waals surface area (Å²) < 4.78 is 38.6. The van der Waals surface area contributed by atoms with Crippen molar-refractivity contribution in [2.75, 3.05) is 6.61 Å². The third kappa shape index (κ3) is 3.98. The molecule has 1 aromatic heterocycles. The number of ether oxygens (including phenoxy) is 2. The lowest BCUT2D eigenvalue weighted by atomic mass is 10.2. The van der Waals surface area contributed by atoms with E-state index in [4.69, 9.17) is 9.47 Å². The monoisotopic (exact) mass is 386 g/mol. The maximum Gasteiger partial charge on any atom is 0.269 e. The van der Waals surface area contributed by atoms with E-state index in [0.717, 1.165) is 0 Å².